The van der Waals surface area contributed by atoms with E-state index in [0.29, 0.717) is 34.5 Å². The molecule has 1 saturated heterocycles. The second-order valence-electron chi connectivity index (χ2n) is 9.45. The highest BCUT2D eigenvalue weighted by Gasteiger charge is 2.21. The van der Waals surface area contributed by atoms with Gasteiger partial charge in [-0.25, -0.2) is 4.98 Å². The van der Waals surface area contributed by atoms with Crippen LogP contribution in [0, 0.1) is 13.8 Å². The number of pyridine rings is 1. The number of aromatic amines is 1. The zero-order valence-corrected chi connectivity index (χ0v) is 22.4. The highest BCUT2D eigenvalue weighted by molar-refractivity contribution is 7.98. The van der Waals surface area contributed by atoms with Crippen molar-refractivity contribution in [3.8, 4) is 22.6 Å². The summed E-state index contributed by atoms with van der Waals surface area (Å²) in [5.41, 5.74) is 4.86. The molecule has 4 aromatic rings. The van der Waals surface area contributed by atoms with Crippen LogP contribution in [0.4, 0.5) is 0 Å². The summed E-state index contributed by atoms with van der Waals surface area (Å²) in [5, 5.41) is 5.77. The van der Waals surface area contributed by atoms with Gasteiger partial charge >= 0.3 is 0 Å². The second-order valence-corrected chi connectivity index (χ2v) is 10.6. The Bertz CT molecular complexity index is 1440. The summed E-state index contributed by atoms with van der Waals surface area (Å²) in [6.45, 7) is 5.66. The maximum absolute atomic E-state index is 13.5. The van der Waals surface area contributed by atoms with E-state index in [4.69, 9.17) is 16.3 Å². The molecule has 0 bridgehead atoms. The fourth-order valence-corrected chi connectivity index (χ4v) is 5.87. The first-order valence-corrected chi connectivity index (χ1v) is 14.0. The Labute approximate surface area is 220 Å². The number of imidazole rings is 1. The largest absolute Gasteiger partial charge is 0.492 e. The van der Waals surface area contributed by atoms with Gasteiger partial charge < -0.3 is 15.0 Å². The summed E-state index contributed by atoms with van der Waals surface area (Å²) in [7, 11) is 0. The van der Waals surface area contributed by atoms with Crippen LogP contribution in [0.3, 0.4) is 0 Å². The minimum Gasteiger partial charge on any atom is -0.492 e. The molecule has 1 unspecified atom stereocenters. The van der Waals surface area contributed by atoms with E-state index < -0.39 is 0 Å². The monoisotopic (exact) mass is 522 g/mol. The van der Waals surface area contributed by atoms with Gasteiger partial charge in [0.15, 0.2) is 5.16 Å². The molecule has 2 N–H and O–H groups in total. The molecule has 1 atom stereocenters. The van der Waals surface area contributed by atoms with Crippen LogP contribution in [0.25, 0.3) is 27.7 Å². The highest BCUT2D eigenvalue weighted by atomic mass is 35.5. The zero-order chi connectivity index (χ0) is 25.2. The molecule has 36 heavy (non-hydrogen) atoms. The van der Waals surface area contributed by atoms with Crippen molar-refractivity contribution in [2.24, 2.45) is 0 Å². The smallest absolute Gasteiger partial charge is 0.260 e. The average molecular weight is 523 g/mol. The van der Waals surface area contributed by atoms with Gasteiger partial charge in [-0.2, -0.15) is 0 Å². The van der Waals surface area contributed by atoms with E-state index in [1.807, 2.05) is 49.1 Å². The van der Waals surface area contributed by atoms with Crippen LogP contribution in [-0.4, -0.2) is 40.0 Å². The van der Waals surface area contributed by atoms with Crippen molar-refractivity contribution in [2.45, 2.75) is 50.7 Å². The number of nitrogens with zero attached hydrogens (tertiary/aromatic N) is 2. The Kier molecular flexibility index (Phi) is 7.42. The number of benzene rings is 2. The van der Waals surface area contributed by atoms with Crippen LogP contribution in [-0.2, 0) is 0 Å². The molecule has 1 aliphatic heterocycles. The highest BCUT2D eigenvalue weighted by Crippen LogP contribution is 2.38. The van der Waals surface area contributed by atoms with Gasteiger partial charge in [0.1, 0.15) is 5.75 Å². The fourth-order valence-electron chi connectivity index (χ4n) is 5.09. The predicted molar refractivity (Wildman–Crippen MR) is 149 cm³/mol. The van der Waals surface area contributed by atoms with Crippen LogP contribution < -0.4 is 15.6 Å². The molecule has 0 amide bonds. The van der Waals surface area contributed by atoms with Crippen LogP contribution in [0.15, 0.2) is 52.7 Å². The lowest BCUT2D eigenvalue weighted by Gasteiger charge is -2.24. The Hall–Kier alpha value is -2.74. The minimum atomic E-state index is -0.186. The molecule has 0 aliphatic carbocycles. The Morgan fingerprint density at radius 1 is 1.17 bits per heavy atom. The number of H-pyrrole nitrogens is 1. The molecule has 3 heterocycles. The molecule has 0 saturated carbocycles. The summed E-state index contributed by atoms with van der Waals surface area (Å²) < 4.78 is 8.47. The molecule has 1 fully saturated rings. The van der Waals surface area contributed by atoms with Gasteiger partial charge in [-0.05, 0) is 63.6 Å². The summed E-state index contributed by atoms with van der Waals surface area (Å²) in [6.07, 6.45) is 10.1. The van der Waals surface area contributed by atoms with Crippen LogP contribution >= 0.6 is 23.4 Å². The number of hydrogen-bond acceptors (Lipinski definition) is 5. The number of thioether (sulfide) groups is 1. The Morgan fingerprint density at radius 2 is 1.97 bits per heavy atom. The quantitative estimate of drug-likeness (QED) is 0.279. The number of hydrogen-bond donors (Lipinski definition) is 2. The minimum absolute atomic E-state index is 0.186. The summed E-state index contributed by atoms with van der Waals surface area (Å²) in [6, 6.07) is 10.4. The predicted octanol–water partition coefficient (Wildman–Crippen LogP) is 6.28. The molecule has 5 rings (SSSR count). The molecule has 2 aromatic heterocycles. The number of halogens is 1. The molecular formula is C28H31ClN4O2S. The van der Waals surface area contributed by atoms with Crippen molar-refractivity contribution in [3.63, 3.8) is 0 Å². The fraction of sp³-hybridized carbons (Fsp3) is 0.357. The molecule has 2 aromatic carbocycles. The number of aromatic nitrogens is 3. The van der Waals surface area contributed by atoms with Crippen molar-refractivity contribution in [1.82, 2.24) is 19.9 Å². The lowest BCUT2D eigenvalue weighted by Crippen LogP contribution is -2.35. The number of fused-ring (bicyclic) bond motifs is 1. The third-order valence-electron chi connectivity index (χ3n) is 6.72. The molecule has 0 spiro atoms. The number of rotatable bonds is 7. The first kappa shape index (κ1) is 24.9. The van der Waals surface area contributed by atoms with E-state index in [9.17, 15) is 4.79 Å². The van der Waals surface area contributed by atoms with Crippen molar-refractivity contribution >= 4 is 34.3 Å². The van der Waals surface area contributed by atoms with Crippen molar-refractivity contribution in [2.75, 3.05) is 19.4 Å². The van der Waals surface area contributed by atoms with Gasteiger partial charge in [0, 0.05) is 23.8 Å². The third-order valence-corrected chi connectivity index (χ3v) is 7.69. The SMILES string of the molecule is CSc1nccn1-c1cc2c(OCCC3CCCCN3)c(-c3cc(C)cc(C)c3)c(=O)[nH]c2cc1Cl. The number of piperidine rings is 1. The number of aryl methyl sites for hydroxylation is 2. The van der Waals surface area contributed by atoms with Crippen molar-refractivity contribution < 1.29 is 4.74 Å². The number of ether oxygens (including phenoxy) is 1. The standard InChI is InChI=1S/C28H31ClN4O2S/c1-17-12-18(2)14-19(13-17)25-26(35-11-7-20-6-4-5-8-30-20)21-15-24(33-10-9-31-28(33)36-3)22(29)16-23(21)32-27(25)34/h9-10,12-16,20,30H,4-8,11H2,1-3H3,(H,32,34). The molecular weight excluding hydrogens is 492 g/mol. The van der Waals surface area contributed by atoms with Gasteiger partial charge in [0.05, 0.1) is 28.4 Å². The van der Waals surface area contributed by atoms with Gasteiger partial charge in [0.25, 0.3) is 5.56 Å². The Balaban J connectivity index is 1.67. The van der Waals surface area contributed by atoms with Crippen LogP contribution in [0.1, 0.15) is 36.8 Å². The summed E-state index contributed by atoms with van der Waals surface area (Å²) >= 11 is 8.25. The maximum atomic E-state index is 13.5. The van der Waals surface area contributed by atoms with E-state index >= 15 is 0 Å². The molecule has 6 nitrogen and oxygen atoms in total. The van der Waals surface area contributed by atoms with Gasteiger partial charge in [0.2, 0.25) is 0 Å². The van der Waals surface area contributed by atoms with Crippen molar-refractivity contribution in [1.29, 1.82) is 0 Å². The Morgan fingerprint density at radius 3 is 2.69 bits per heavy atom. The normalized spacial score (nSPS) is 15.9. The maximum Gasteiger partial charge on any atom is 0.260 e. The van der Waals surface area contributed by atoms with E-state index in [1.165, 1.54) is 12.8 Å². The molecule has 8 heteroatoms. The first-order valence-electron chi connectivity index (χ1n) is 12.4. The van der Waals surface area contributed by atoms with Crippen LogP contribution in [0.5, 0.6) is 5.75 Å². The van der Waals surface area contributed by atoms with Gasteiger partial charge in [-0.3, -0.25) is 9.36 Å². The van der Waals surface area contributed by atoms with E-state index in [-0.39, 0.29) is 5.56 Å². The molecule has 188 valence electrons. The van der Waals surface area contributed by atoms with E-state index in [2.05, 4.69) is 21.4 Å². The lowest BCUT2D eigenvalue weighted by atomic mass is 9.99. The zero-order valence-electron chi connectivity index (χ0n) is 20.9. The van der Waals surface area contributed by atoms with Crippen molar-refractivity contribution in [3.05, 3.63) is 69.2 Å². The number of nitrogens with one attached hydrogen (secondary N) is 2. The summed E-state index contributed by atoms with van der Waals surface area (Å²) in [4.78, 5) is 20.9. The lowest BCUT2D eigenvalue weighted by molar-refractivity contribution is 0.271. The first-order chi connectivity index (χ1) is 17.4. The van der Waals surface area contributed by atoms with Crippen LogP contribution in [0.2, 0.25) is 5.02 Å². The van der Waals surface area contributed by atoms with Gasteiger partial charge in [-0.1, -0.05) is 59.1 Å². The van der Waals surface area contributed by atoms with Gasteiger partial charge in [-0.15, -0.1) is 0 Å². The summed E-state index contributed by atoms with van der Waals surface area (Å²) in [5.74, 6) is 0.596. The van der Waals surface area contributed by atoms with E-state index in [1.54, 1.807) is 24.0 Å². The second kappa shape index (κ2) is 10.7. The molecule has 0 radical (unpaired) electrons. The molecule has 1 aliphatic rings. The average Bonchev–Trinajstić information content (AvgIpc) is 3.32. The third kappa shape index (κ3) is 5.05. The van der Waals surface area contributed by atoms with E-state index in [0.717, 1.165) is 52.3 Å². The topological polar surface area (TPSA) is 71.9 Å².